The van der Waals surface area contributed by atoms with Crippen LogP contribution >= 0.6 is 0 Å². The smallest absolute Gasteiger partial charge is 0.419 e. The molecule has 0 aliphatic heterocycles. The van der Waals surface area contributed by atoms with E-state index in [1.54, 1.807) is 19.2 Å². The van der Waals surface area contributed by atoms with Crippen LogP contribution in [0.25, 0.3) is 11.1 Å². The Labute approximate surface area is 122 Å². The molecule has 6 nitrogen and oxygen atoms in total. The molecule has 0 saturated heterocycles. The van der Waals surface area contributed by atoms with E-state index in [0.717, 1.165) is 5.56 Å². The van der Waals surface area contributed by atoms with Crippen molar-refractivity contribution in [2.45, 2.75) is 32.7 Å². The van der Waals surface area contributed by atoms with Crippen molar-refractivity contribution in [3.8, 4) is 0 Å². The summed E-state index contributed by atoms with van der Waals surface area (Å²) in [6.45, 7) is 3.75. The molecule has 114 valence electrons. The first-order valence-corrected chi connectivity index (χ1v) is 6.76. The second-order valence-electron chi connectivity index (χ2n) is 6.20. The van der Waals surface area contributed by atoms with Crippen LogP contribution < -0.4 is 11.5 Å². The molecule has 0 spiro atoms. The summed E-state index contributed by atoms with van der Waals surface area (Å²) in [6, 6.07) is 5.07. The van der Waals surface area contributed by atoms with Gasteiger partial charge in [-0.2, -0.15) is 0 Å². The highest BCUT2D eigenvalue weighted by Gasteiger charge is 2.25. The molecule has 21 heavy (non-hydrogen) atoms. The van der Waals surface area contributed by atoms with Crippen molar-refractivity contribution < 1.29 is 14.3 Å². The van der Waals surface area contributed by atoms with E-state index in [1.165, 1.54) is 4.57 Å². The Morgan fingerprint density at radius 2 is 2.14 bits per heavy atom. The van der Waals surface area contributed by atoms with E-state index in [1.807, 2.05) is 19.9 Å². The SMILES string of the molecule is Cn1c(=O)oc2cc(C(N)CC(C)(C)CC(=O)O)ccc21. The summed E-state index contributed by atoms with van der Waals surface area (Å²) >= 11 is 0. The highest BCUT2D eigenvalue weighted by molar-refractivity contribution is 5.73. The van der Waals surface area contributed by atoms with E-state index < -0.39 is 17.1 Å². The lowest BCUT2D eigenvalue weighted by Gasteiger charge is -2.26. The molecule has 1 aromatic carbocycles. The molecular weight excluding hydrogens is 272 g/mol. The van der Waals surface area contributed by atoms with Gasteiger partial charge in [-0.05, 0) is 29.5 Å². The fourth-order valence-electron chi connectivity index (χ4n) is 2.58. The molecule has 0 saturated carbocycles. The van der Waals surface area contributed by atoms with Crippen LogP contribution in [-0.2, 0) is 11.8 Å². The van der Waals surface area contributed by atoms with E-state index >= 15 is 0 Å². The number of aromatic nitrogens is 1. The summed E-state index contributed by atoms with van der Waals surface area (Å²) in [5.41, 5.74) is 7.80. The van der Waals surface area contributed by atoms with Gasteiger partial charge in [-0.25, -0.2) is 4.79 Å². The van der Waals surface area contributed by atoms with Crippen molar-refractivity contribution in [3.05, 3.63) is 34.3 Å². The summed E-state index contributed by atoms with van der Waals surface area (Å²) in [5.74, 6) is -1.25. The number of hydrogen-bond donors (Lipinski definition) is 2. The molecule has 0 aliphatic carbocycles. The zero-order valence-electron chi connectivity index (χ0n) is 12.4. The first kappa shape index (κ1) is 15.3. The van der Waals surface area contributed by atoms with Gasteiger partial charge in [0.25, 0.3) is 0 Å². The molecule has 0 aliphatic rings. The number of aryl methyl sites for hydroxylation is 1. The van der Waals surface area contributed by atoms with Crippen LogP contribution in [0.3, 0.4) is 0 Å². The normalized spacial score (nSPS) is 13.5. The molecule has 0 fully saturated rings. The third-order valence-electron chi connectivity index (χ3n) is 3.65. The summed E-state index contributed by atoms with van der Waals surface area (Å²) in [6.07, 6.45) is 0.589. The van der Waals surface area contributed by atoms with Crippen LogP contribution in [0.5, 0.6) is 0 Å². The first-order chi connectivity index (χ1) is 9.69. The molecule has 1 unspecified atom stereocenters. The lowest BCUT2D eigenvalue weighted by atomic mass is 9.81. The van der Waals surface area contributed by atoms with Gasteiger partial charge in [0.05, 0.1) is 11.9 Å². The third-order valence-corrected chi connectivity index (χ3v) is 3.65. The topological polar surface area (TPSA) is 98.5 Å². The van der Waals surface area contributed by atoms with Gasteiger partial charge in [0.2, 0.25) is 0 Å². The Morgan fingerprint density at radius 1 is 1.48 bits per heavy atom. The minimum absolute atomic E-state index is 0.0589. The van der Waals surface area contributed by atoms with Crippen LogP contribution in [0.2, 0.25) is 0 Å². The lowest BCUT2D eigenvalue weighted by Crippen LogP contribution is -2.24. The van der Waals surface area contributed by atoms with E-state index in [0.29, 0.717) is 17.5 Å². The van der Waals surface area contributed by atoms with Crippen LogP contribution in [0.1, 0.15) is 38.3 Å². The fourth-order valence-corrected chi connectivity index (χ4v) is 2.58. The molecule has 0 radical (unpaired) electrons. The number of oxazole rings is 1. The molecule has 1 aromatic heterocycles. The molecule has 1 heterocycles. The number of rotatable bonds is 5. The molecule has 2 rings (SSSR count). The zero-order chi connectivity index (χ0) is 15.8. The van der Waals surface area contributed by atoms with Gasteiger partial charge in [0, 0.05) is 13.1 Å². The number of carbonyl (C=O) groups is 1. The molecule has 2 aromatic rings. The quantitative estimate of drug-likeness (QED) is 0.878. The number of fused-ring (bicyclic) bond motifs is 1. The van der Waals surface area contributed by atoms with Gasteiger partial charge in [-0.1, -0.05) is 19.9 Å². The van der Waals surface area contributed by atoms with Gasteiger partial charge >= 0.3 is 11.7 Å². The minimum atomic E-state index is -0.836. The molecule has 1 atom stereocenters. The average Bonchev–Trinajstić information content (AvgIpc) is 2.62. The van der Waals surface area contributed by atoms with E-state index in [2.05, 4.69) is 0 Å². The Bertz CT molecular complexity index is 727. The summed E-state index contributed by atoms with van der Waals surface area (Å²) < 4.78 is 6.57. The Balaban J connectivity index is 2.25. The monoisotopic (exact) mass is 292 g/mol. The third kappa shape index (κ3) is 3.33. The molecule has 0 amide bonds. The first-order valence-electron chi connectivity index (χ1n) is 6.76. The minimum Gasteiger partial charge on any atom is -0.481 e. The van der Waals surface area contributed by atoms with Crippen molar-refractivity contribution in [2.75, 3.05) is 0 Å². The van der Waals surface area contributed by atoms with Gasteiger partial charge in [-0.3, -0.25) is 9.36 Å². The second kappa shape index (κ2) is 5.37. The number of benzene rings is 1. The summed E-state index contributed by atoms with van der Waals surface area (Å²) in [5, 5.41) is 8.91. The summed E-state index contributed by atoms with van der Waals surface area (Å²) in [4.78, 5) is 22.3. The lowest BCUT2D eigenvalue weighted by molar-refractivity contribution is -0.139. The maximum Gasteiger partial charge on any atom is 0.419 e. The summed E-state index contributed by atoms with van der Waals surface area (Å²) in [7, 11) is 1.64. The predicted molar refractivity (Wildman–Crippen MR) is 79.0 cm³/mol. The van der Waals surface area contributed by atoms with Crippen LogP contribution in [-0.4, -0.2) is 15.6 Å². The van der Waals surface area contributed by atoms with Crippen LogP contribution in [0.15, 0.2) is 27.4 Å². The van der Waals surface area contributed by atoms with Crippen molar-refractivity contribution >= 4 is 17.1 Å². The van der Waals surface area contributed by atoms with Crippen LogP contribution in [0, 0.1) is 5.41 Å². The Morgan fingerprint density at radius 3 is 2.76 bits per heavy atom. The number of carboxylic acid groups (broad SMARTS) is 1. The van der Waals surface area contributed by atoms with E-state index in [9.17, 15) is 9.59 Å². The maximum atomic E-state index is 11.5. The highest BCUT2D eigenvalue weighted by atomic mass is 16.4. The van der Waals surface area contributed by atoms with Gasteiger partial charge in [-0.15, -0.1) is 0 Å². The molecular formula is C15H20N2O4. The number of nitrogens with zero attached hydrogens (tertiary/aromatic N) is 1. The van der Waals surface area contributed by atoms with Crippen molar-refractivity contribution in [3.63, 3.8) is 0 Å². The largest absolute Gasteiger partial charge is 0.481 e. The number of nitrogens with two attached hydrogens (primary N) is 1. The molecule has 6 heteroatoms. The van der Waals surface area contributed by atoms with Gasteiger partial charge < -0.3 is 15.3 Å². The molecule has 3 N–H and O–H groups in total. The van der Waals surface area contributed by atoms with Crippen molar-refractivity contribution in [1.82, 2.24) is 4.57 Å². The number of carboxylic acids is 1. The van der Waals surface area contributed by atoms with Gasteiger partial charge in [0.15, 0.2) is 5.58 Å². The Kier molecular flexibility index (Phi) is 3.91. The van der Waals surface area contributed by atoms with E-state index in [4.69, 9.17) is 15.3 Å². The van der Waals surface area contributed by atoms with E-state index in [-0.39, 0.29) is 12.5 Å². The highest BCUT2D eigenvalue weighted by Crippen LogP contribution is 2.32. The number of hydrogen-bond acceptors (Lipinski definition) is 4. The van der Waals surface area contributed by atoms with Gasteiger partial charge in [0.1, 0.15) is 0 Å². The predicted octanol–water partition coefficient (Wildman–Crippen LogP) is 2.02. The number of aliphatic carboxylic acids is 1. The van der Waals surface area contributed by atoms with Crippen molar-refractivity contribution in [1.29, 1.82) is 0 Å². The Hall–Kier alpha value is -2.08. The average molecular weight is 292 g/mol. The zero-order valence-corrected chi connectivity index (χ0v) is 12.4. The second-order valence-corrected chi connectivity index (χ2v) is 6.20. The maximum absolute atomic E-state index is 11.5. The standard InChI is InChI=1S/C15H20N2O4/c1-15(2,8-13(18)19)7-10(16)9-4-5-11-12(6-9)21-14(20)17(11)3/h4-6,10H,7-8,16H2,1-3H3,(H,18,19). The fraction of sp³-hybridized carbons (Fsp3) is 0.467. The molecule has 0 bridgehead atoms. The van der Waals surface area contributed by atoms with Crippen molar-refractivity contribution in [2.24, 2.45) is 18.2 Å². The van der Waals surface area contributed by atoms with Crippen LogP contribution in [0.4, 0.5) is 0 Å².